The SMILES string of the molecule is C/C=C(O)\C=C(\C)N(C=O)c1cc(Cl)ncc1CC. The summed E-state index contributed by atoms with van der Waals surface area (Å²) in [5.74, 6) is 0.0996. The number of anilines is 1. The van der Waals surface area contributed by atoms with Crippen LogP contribution in [0, 0.1) is 0 Å². The van der Waals surface area contributed by atoms with Gasteiger partial charge in [-0.2, -0.15) is 0 Å². The molecular weight excluding hydrogens is 264 g/mol. The van der Waals surface area contributed by atoms with Crippen molar-refractivity contribution in [1.29, 1.82) is 0 Å². The molecular formula is C14H17ClN2O2. The predicted molar refractivity (Wildman–Crippen MR) is 77.3 cm³/mol. The number of aryl methyl sites for hydroxylation is 1. The molecule has 4 nitrogen and oxygen atoms in total. The lowest BCUT2D eigenvalue weighted by molar-refractivity contribution is -0.107. The first-order valence-electron chi connectivity index (χ1n) is 5.96. The Morgan fingerprint density at radius 1 is 1.58 bits per heavy atom. The number of aliphatic hydroxyl groups is 1. The minimum atomic E-state index is 0.0996. The number of carbonyl (C=O) groups is 1. The van der Waals surface area contributed by atoms with Crippen molar-refractivity contribution in [3.05, 3.63) is 46.6 Å². The van der Waals surface area contributed by atoms with E-state index in [0.29, 0.717) is 22.9 Å². The van der Waals surface area contributed by atoms with Gasteiger partial charge in [0.1, 0.15) is 10.9 Å². The van der Waals surface area contributed by atoms with Crippen molar-refractivity contribution in [1.82, 2.24) is 4.98 Å². The van der Waals surface area contributed by atoms with Crippen LogP contribution in [-0.2, 0) is 11.2 Å². The maximum atomic E-state index is 11.3. The van der Waals surface area contributed by atoms with Crippen LogP contribution in [0.2, 0.25) is 5.15 Å². The fourth-order valence-electron chi connectivity index (χ4n) is 1.64. The van der Waals surface area contributed by atoms with Crippen LogP contribution in [0.25, 0.3) is 0 Å². The number of aromatic nitrogens is 1. The van der Waals surface area contributed by atoms with Crippen LogP contribution in [0.15, 0.2) is 35.9 Å². The lowest BCUT2D eigenvalue weighted by Gasteiger charge is -2.21. The van der Waals surface area contributed by atoms with E-state index in [1.807, 2.05) is 6.92 Å². The fraction of sp³-hybridized carbons (Fsp3) is 0.286. The molecule has 0 saturated heterocycles. The van der Waals surface area contributed by atoms with Crippen LogP contribution >= 0.6 is 11.6 Å². The normalized spacial score (nSPS) is 12.4. The summed E-state index contributed by atoms with van der Waals surface area (Å²) >= 11 is 5.88. The molecule has 1 rings (SSSR count). The first-order valence-corrected chi connectivity index (χ1v) is 6.33. The van der Waals surface area contributed by atoms with E-state index in [0.717, 1.165) is 12.0 Å². The van der Waals surface area contributed by atoms with Gasteiger partial charge in [-0.25, -0.2) is 4.98 Å². The number of hydrogen-bond donors (Lipinski definition) is 1. The Morgan fingerprint density at radius 3 is 2.79 bits per heavy atom. The van der Waals surface area contributed by atoms with Crippen molar-refractivity contribution < 1.29 is 9.90 Å². The third-order valence-electron chi connectivity index (χ3n) is 2.71. The smallest absolute Gasteiger partial charge is 0.218 e. The van der Waals surface area contributed by atoms with Crippen LogP contribution in [0.5, 0.6) is 0 Å². The van der Waals surface area contributed by atoms with Gasteiger partial charge in [0.25, 0.3) is 0 Å². The van der Waals surface area contributed by atoms with Crippen LogP contribution in [0.3, 0.4) is 0 Å². The number of nitrogens with zero attached hydrogens (tertiary/aromatic N) is 2. The zero-order valence-corrected chi connectivity index (χ0v) is 12.0. The summed E-state index contributed by atoms with van der Waals surface area (Å²) in [5, 5.41) is 9.83. The fourth-order valence-corrected chi connectivity index (χ4v) is 1.79. The minimum Gasteiger partial charge on any atom is -0.508 e. The average molecular weight is 281 g/mol. The molecule has 0 aliphatic heterocycles. The number of rotatable bonds is 5. The van der Waals surface area contributed by atoms with E-state index < -0.39 is 0 Å². The lowest BCUT2D eigenvalue weighted by atomic mass is 10.1. The van der Waals surface area contributed by atoms with Crippen molar-refractivity contribution in [3.63, 3.8) is 0 Å². The monoisotopic (exact) mass is 280 g/mol. The summed E-state index contributed by atoms with van der Waals surface area (Å²) in [6.07, 6.45) is 6.14. The highest BCUT2D eigenvalue weighted by atomic mass is 35.5. The first kappa shape index (κ1) is 15.2. The van der Waals surface area contributed by atoms with E-state index in [1.165, 1.54) is 11.0 Å². The second kappa shape index (κ2) is 6.95. The molecule has 1 heterocycles. The zero-order chi connectivity index (χ0) is 14.4. The van der Waals surface area contributed by atoms with Gasteiger partial charge in [0.2, 0.25) is 6.41 Å². The Kier molecular flexibility index (Phi) is 5.57. The number of hydrogen-bond acceptors (Lipinski definition) is 3. The molecule has 1 amide bonds. The first-order chi connectivity index (χ1) is 9.03. The molecule has 102 valence electrons. The van der Waals surface area contributed by atoms with E-state index in [9.17, 15) is 9.90 Å². The van der Waals surface area contributed by atoms with E-state index in [2.05, 4.69) is 4.98 Å². The van der Waals surface area contributed by atoms with Gasteiger partial charge in [-0.3, -0.25) is 9.69 Å². The van der Waals surface area contributed by atoms with Gasteiger partial charge in [0, 0.05) is 11.9 Å². The Bertz CT molecular complexity index is 524. The highest BCUT2D eigenvalue weighted by Crippen LogP contribution is 2.25. The van der Waals surface area contributed by atoms with Crippen molar-refractivity contribution in [2.24, 2.45) is 0 Å². The number of amides is 1. The quantitative estimate of drug-likeness (QED) is 0.388. The molecule has 0 unspecified atom stereocenters. The number of pyridine rings is 1. The van der Waals surface area contributed by atoms with Gasteiger partial charge in [0.15, 0.2) is 0 Å². The highest BCUT2D eigenvalue weighted by molar-refractivity contribution is 6.29. The predicted octanol–water partition coefficient (Wildman–Crippen LogP) is 3.63. The second-order valence-electron chi connectivity index (χ2n) is 3.96. The average Bonchev–Trinajstić information content (AvgIpc) is 2.39. The zero-order valence-electron chi connectivity index (χ0n) is 11.2. The van der Waals surface area contributed by atoms with Crippen LogP contribution in [0.1, 0.15) is 26.3 Å². The lowest BCUT2D eigenvalue weighted by Crippen LogP contribution is -2.20. The molecule has 5 heteroatoms. The maximum absolute atomic E-state index is 11.3. The molecule has 0 aromatic carbocycles. The largest absolute Gasteiger partial charge is 0.508 e. The summed E-state index contributed by atoms with van der Waals surface area (Å²) in [6, 6.07) is 1.64. The molecule has 19 heavy (non-hydrogen) atoms. The van der Waals surface area contributed by atoms with Crippen LogP contribution < -0.4 is 4.90 Å². The van der Waals surface area contributed by atoms with E-state index >= 15 is 0 Å². The summed E-state index contributed by atoms with van der Waals surface area (Å²) in [6.45, 7) is 5.42. The van der Waals surface area contributed by atoms with Gasteiger partial charge in [-0.05, 0) is 44.1 Å². The van der Waals surface area contributed by atoms with Crippen molar-refractivity contribution in [2.75, 3.05) is 4.90 Å². The Morgan fingerprint density at radius 2 is 2.26 bits per heavy atom. The van der Waals surface area contributed by atoms with Gasteiger partial charge in [0.05, 0.1) is 5.69 Å². The third-order valence-corrected chi connectivity index (χ3v) is 2.91. The molecule has 0 saturated carbocycles. The molecule has 0 aliphatic rings. The summed E-state index contributed by atoms with van der Waals surface area (Å²) in [5.41, 5.74) is 2.18. The van der Waals surface area contributed by atoms with E-state index in [-0.39, 0.29) is 5.76 Å². The summed E-state index contributed by atoms with van der Waals surface area (Å²) in [4.78, 5) is 16.8. The molecule has 0 fully saturated rings. The van der Waals surface area contributed by atoms with E-state index in [4.69, 9.17) is 11.6 Å². The molecule has 0 bridgehead atoms. The second-order valence-corrected chi connectivity index (χ2v) is 4.35. The molecule has 0 radical (unpaired) electrons. The topological polar surface area (TPSA) is 53.4 Å². The third kappa shape index (κ3) is 3.83. The summed E-state index contributed by atoms with van der Waals surface area (Å²) in [7, 11) is 0. The maximum Gasteiger partial charge on any atom is 0.218 e. The van der Waals surface area contributed by atoms with Crippen LogP contribution in [0.4, 0.5) is 5.69 Å². The molecule has 1 aromatic rings. The number of aliphatic hydroxyl groups excluding tert-OH is 1. The standard InChI is InChI=1S/C14H17ClN2O2/c1-4-11-8-16-14(15)7-13(11)17(9-18)10(3)6-12(19)5-2/h5-9,19H,4H2,1-3H3/b10-6-,12-5+. The van der Waals surface area contributed by atoms with Crippen molar-refractivity contribution >= 4 is 23.7 Å². The number of halogens is 1. The van der Waals surface area contributed by atoms with Gasteiger partial charge < -0.3 is 5.11 Å². The Hall–Kier alpha value is -1.81. The van der Waals surface area contributed by atoms with Gasteiger partial charge in [-0.1, -0.05) is 18.5 Å². The number of carbonyl (C=O) groups excluding carboxylic acids is 1. The summed E-state index contributed by atoms with van der Waals surface area (Å²) < 4.78 is 0. The van der Waals surface area contributed by atoms with Crippen LogP contribution in [-0.4, -0.2) is 16.5 Å². The Labute approximate surface area is 118 Å². The molecule has 0 spiro atoms. The molecule has 0 atom stereocenters. The molecule has 0 aliphatic carbocycles. The minimum absolute atomic E-state index is 0.0996. The Balaban J connectivity index is 3.27. The van der Waals surface area contributed by atoms with Crippen molar-refractivity contribution in [2.45, 2.75) is 27.2 Å². The van der Waals surface area contributed by atoms with Gasteiger partial charge in [-0.15, -0.1) is 0 Å². The van der Waals surface area contributed by atoms with Crippen molar-refractivity contribution in [3.8, 4) is 0 Å². The van der Waals surface area contributed by atoms with E-state index in [1.54, 1.807) is 32.2 Å². The van der Waals surface area contributed by atoms with Gasteiger partial charge >= 0.3 is 0 Å². The highest BCUT2D eigenvalue weighted by Gasteiger charge is 2.13. The number of allylic oxidation sites excluding steroid dienone is 3. The molecule has 1 aromatic heterocycles. The molecule has 1 N–H and O–H groups in total.